The molecule has 0 saturated heterocycles. The van der Waals surface area contributed by atoms with Crippen molar-refractivity contribution in [3.05, 3.63) is 21.5 Å². The van der Waals surface area contributed by atoms with Gasteiger partial charge in [-0.15, -0.1) is 0 Å². The monoisotopic (exact) mass is 354 g/mol. The molecule has 0 bridgehead atoms. The van der Waals surface area contributed by atoms with Crippen LogP contribution in [0.1, 0.15) is 27.7 Å². The van der Waals surface area contributed by atoms with Gasteiger partial charge in [0, 0.05) is 0 Å². The lowest BCUT2D eigenvalue weighted by atomic mass is 10.3. The van der Waals surface area contributed by atoms with E-state index >= 15 is 0 Å². The highest BCUT2D eigenvalue weighted by Crippen LogP contribution is 2.47. The summed E-state index contributed by atoms with van der Waals surface area (Å²) in [6.45, 7) is 7.67. The Balaban J connectivity index is 1.88. The second-order valence-corrected chi connectivity index (χ2v) is 7.53. The van der Waals surface area contributed by atoms with Crippen LogP contribution >= 0.6 is 34.1 Å². The van der Waals surface area contributed by atoms with Crippen LogP contribution in [0.5, 0.6) is 0 Å². The van der Waals surface area contributed by atoms with Crippen LogP contribution in [0.3, 0.4) is 0 Å². The highest BCUT2D eigenvalue weighted by molar-refractivity contribution is 8.13. The van der Waals surface area contributed by atoms with Gasteiger partial charge in [0.25, 0.3) is 0 Å². The first-order valence-corrected chi connectivity index (χ1v) is 8.52. The SMILES string of the molecule is CC1=NC2=NC3=S(N2C(C)=C1Cl)N1C(=N3)N=C(C)C(Cl)=C1C. The highest BCUT2D eigenvalue weighted by Gasteiger charge is 2.42. The van der Waals surface area contributed by atoms with Crippen LogP contribution < -0.4 is 0 Å². The van der Waals surface area contributed by atoms with Gasteiger partial charge < -0.3 is 0 Å². The zero-order chi connectivity index (χ0) is 15.8. The molecule has 4 rings (SSSR count). The summed E-state index contributed by atoms with van der Waals surface area (Å²) in [5, 5.41) is 1.98. The van der Waals surface area contributed by atoms with Crippen LogP contribution in [-0.2, 0) is 0 Å². The standard InChI is InChI=1S/C13H12Cl2N6S/c1-5-9(14)7(3)20-11(16-5)18-13-19-12-17-6(2)10(15)8(4)21(12)22(13)20/h1-4H3. The Morgan fingerprint density at radius 2 is 1.14 bits per heavy atom. The molecule has 0 unspecified atom stereocenters. The second kappa shape index (κ2) is 4.53. The largest absolute Gasteiger partial charge is 0.243 e. The number of allylic oxidation sites excluding steroid dienone is 4. The molecule has 114 valence electrons. The van der Waals surface area contributed by atoms with Gasteiger partial charge in [-0.2, -0.15) is 9.98 Å². The maximum Gasteiger partial charge on any atom is 0.243 e. The Bertz CT molecular complexity index is 790. The fourth-order valence-electron chi connectivity index (χ4n) is 2.57. The fraction of sp³-hybridized carbons (Fsp3) is 0.308. The van der Waals surface area contributed by atoms with E-state index < -0.39 is 10.9 Å². The van der Waals surface area contributed by atoms with E-state index in [4.69, 9.17) is 23.2 Å². The van der Waals surface area contributed by atoms with Crippen LogP contribution in [0.25, 0.3) is 0 Å². The third kappa shape index (κ3) is 1.67. The Kier molecular flexibility index (Phi) is 2.92. The number of halogens is 2. The summed E-state index contributed by atoms with van der Waals surface area (Å²) < 4.78 is 4.01. The van der Waals surface area contributed by atoms with Crippen molar-refractivity contribution in [1.82, 2.24) is 8.61 Å². The lowest BCUT2D eigenvalue weighted by Gasteiger charge is -2.34. The maximum atomic E-state index is 6.36. The predicted molar refractivity (Wildman–Crippen MR) is 94.5 cm³/mol. The van der Waals surface area contributed by atoms with Gasteiger partial charge in [-0.25, -0.2) is 18.6 Å². The molecule has 6 nitrogen and oxygen atoms in total. The van der Waals surface area contributed by atoms with Crippen LogP contribution in [0.2, 0.25) is 0 Å². The van der Waals surface area contributed by atoms with Gasteiger partial charge >= 0.3 is 0 Å². The number of hydrogen-bond donors (Lipinski definition) is 0. The van der Waals surface area contributed by atoms with Gasteiger partial charge in [0.1, 0.15) is 0 Å². The third-order valence-corrected chi connectivity index (χ3v) is 6.85. The summed E-state index contributed by atoms with van der Waals surface area (Å²) in [5.74, 6) is 1.24. The molecule has 0 fully saturated rings. The first kappa shape index (κ1) is 14.2. The van der Waals surface area contributed by atoms with E-state index in [1.54, 1.807) is 0 Å². The van der Waals surface area contributed by atoms with Gasteiger partial charge in [0.15, 0.2) is 0 Å². The zero-order valence-electron chi connectivity index (χ0n) is 12.3. The molecule has 4 aliphatic rings. The average Bonchev–Trinajstić information content (AvgIpc) is 2.97. The molecule has 0 amide bonds. The molecular formula is C13H12Cl2N6S. The fourth-order valence-corrected chi connectivity index (χ4v) is 4.91. The molecule has 9 heteroatoms. The van der Waals surface area contributed by atoms with E-state index in [0.29, 0.717) is 27.1 Å². The van der Waals surface area contributed by atoms with Gasteiger partial charge in [-0.3, -0.25) is 0 Å². The van der Waals surface area contributed by atoms with Crippen molar-refractivity contribution < 1.29 is 0 Å². The summed E-state index contributed by atoms with van der Waals surface area (Å²) in [5.41, 5.74) is 3.36. The maximum absolute atomic E-state index is 6.36. The molecular weight excluding hydrogens is 343 g/mol. The third-order valence-electron chi connectivity index (χ3n) is 3.68. The van der Waals surface area contributed by atoms with Crippen LogP contribution in [0.4, 0.5) is 0 Å². The van der Waals surface area contributed by atoms with Gasteiger partial charge in [-0.1, -0.05) is 23.2 Å². The van der Waals surface area contributed by atoms with Crippen molar-refractivity contribution in [2.75, 3.05) is 0 Å². The smallest absolute Gasteiger partial charge is 0.241 e. The Labute approximate surface area is 140 Å². The number of rotatable bonds is 0. The lowest BCUT2D eigenvalue weighted by Crippen LogP contribution is -2.35. The quantitative estimate of drug-likeness (QED) is 0.626. The number of aliphatic imine (C=N–C) groups is 4. The van der Waals surface area contributed by atoms with Gasteiger partial charge in [-0.05, 0) is 27.7 Å². The van der Waals surface area contributed by atoms with E-state index in [9.17, 15) is 0 Å². The predicted octanol–water partition coefficient (Wildman–Crippen LogP) is 3.41. The van der Waals surface area contributed by atoms with Crippen molar-refractivity contribution in [3.63, 3.8) is 0 Å². The van der Waals surface area contributed by atoms with Crippen molar-refractivity contribution in [3.8, 4) is 0 Å². The Hall–Kier alpha value is -1.44. The molecule has 0 N–H and O–H groups in total. The molecule has 0 spiro atoms. The van der Waals surface area contributed by atoms with Crippen molar-refractivity contribution in [2.24, 2.45) is 20.0 Å². The minimum Gasteiger partial charge on any atom is -0.241 e. The van der Waals surface area contributed by atoms with Crippen LogP contribution in [-0.4, -0.2) is 37.1 Å². The molecule has 4 heterocycles. The second-order valence-electron chi connectivity index (χ2n) is 5.15. The number of nitrogens with zero attached hydrogens (tertiary/aromatic N) is 6. The van der Waals surface area contributed by atoms with Gasteiger partial charge in [0.05, 0.1) is 43.7 Å². The highest BCUT2D eigenvalue weighted by atomic mass is 35.5. The van der Waals surface area contributed by atoms with Crippen molar-refractivity contribution in [1.29, 1.82) is 0 Å². The lowest BCUT2D eigenvalue weighted by molar-refractivity contribution is 0.736. The normalized spacial score (nSPS) is 24.2. The zero-order valence-corrected chi connectivity index (χ0v) is 14.7. The Morgan fingerprint density at radius 1 is 0.727 bits per heavy atom. The molecule has 0 aromatic heterocycles. The summed E-state index contributed by atoms with van der Waals surface area (Å²) >= 11 is 12.7. The van der Waals surface area contributed by atoms with E-state index in [2.05, 4.69) is 20.0 Å². The average molecular weight is 355 g/mol. The summed E-state index contributed by atoms with van der Waals surface area (Å²) in [7, 11) is -0.555. The minimum absolute atomic E-state index is 0.555. The first-order valence-electron chi connectivity index (χ1n) is 6.63. The topological polar surface area (TPSA) is 55.9 Å². The summed E-state index contributed by atoms with van der Waals surface area (Å²) in [6.07, 6.45) is 0. The molecule has 0 aromatic carbocycles. The van der Waals surface area contributed by atoms with E-state index in [1.165, 1.54) is 0 Å². The van der Waals surface area contributed by atoms with Crippen LogP contribution in [0.15, 0.2) is 41.4 Å². The minimum atomic E-state index is -0.555. The van der Waals surface area contributed by atoms with Crippen molar-refractivity contribution in [2.45, 2.75) is 27.7 Å². The summed E-state index contributed by atoms with van der Waals surface area (Å²) in [4.78, 5) is 18.0. The van der Waals surface area contributed by atoms with E-state index in [1.807, 2.05) is 36.3 Å². The molecule has 22 heavy (non-hydrogen) atoms. The number of hydrogen-bond acceptors (Lipinski definition) is 6. The molecule has 0 atom stereocenters. The summed E-state index contributed by atoms with van der Waals surface area (Å²) in [6, 6.07) is 0. The number of fused-ring (bicyclic) bond motifs is 4. The molecule has 0 saturated carbocycles. The van der Waals surface area contributed by atoms with E-state index in [-0.39, 0.29) is 0 Å². The van der Waals surface area contributed by atoms with E-state index in [0.717, 1.165) is 22.8 Å². The number of guanidine groups is 2. The first-order chi connectivity index (χ1) is 10.4. The Morgan fingerprint density at radius 3 is 1.55 bits per heavy atom. The molecule has 0 aromatic rings. The molecule has 4 aliphatic heterocycles. The van der Waals surface area contributed by atoms with Crippen LogP contribution in [0, 0.1) is 0 Å². The van der Waals surface area contributed by atoms with Crippen molar-refractivity contribution >= 4 is 62.5 Å². The van der Waals surface area contributed by atoms with Gasteiger partial charge in [0.2, 0.25) is 17.0 Å². The molecule has 0 aliphatic carbocycles. The molecule has 0 radical (unpaired) electrons.